The quantitative estimate of drug-likeness (QED) is 0.462. The van der Waals surface area contributed by atoms with Crippen LogP contribution in [0.25, 0.3) is 0 Å². The molecular formula is C20H20ClNO7. The number of esters is 1. The molecular weight excluding hydrogens is 402 g/mol. The van der Waals surface area contributed by atoms with Gasteiger partial charge in [0.2, 0.25) is 0 Å². The van der Waals surface area contributed by atoms with Crippen LogP contribution in [-0.4, -0.2) is 41.2 Å². The second-order valence-corrected chi connectivity index (χ2v) is 7.06. The summed E-state index contributed by atoms with van der Waals surface area (Å²) < 4.78 is 14.6. The molecule has 0 radical (unpaired) electrons. The first kappa shape index (κ1) is 20.9. The Kier molecular flexibility index (Phi) is 6.58. The molecule has 0 spiro atoms. The largest absolute Gasteiger partial charge is 0.513 e. The first-order valence-electron chi connectivity index (χ1n) is 8.89. The van der Waals surface area contributed by atoms with E-state index in [-0.39, 0.29) is 6.04 Å². The van der Waals surface area contributed by atoms with E-state index in [1.54, 1.807) is 30.3 Å². The van der Waals surface area contributed by atoms with Gasteiger partial charge in [-0.05, 0) is 48.7 Å². The Morgan fingerprint density at radius 1 is 1.21 bits per heavy atom. The molecule has 0 aromatic heterocycles. The van der Waals surface area contributed by atoms with Crippen LogP contribution in [0.5, 0.6) is 11.5 Å². The predicted octanol–water partition coefficient (Wildman–Crippen LogP) is 2.91. The molecule has 1 aliphatic rings. The normalized spacial score (nSPS) is 16.9. The van der Waals surface area contributed by atoms with Crippen LogP contribution in [0.3, 0.4) is 0 Å². The smallest absolute Gasteiger partial charge is 0.449 e. The number of nitrogens with one attached hydrogen (secondary N) is 1. The fourth-order valence-electron chi connectivity index (χ4n) is 2.92. The number of hydrogen-bond donors (Lipinski definition) is 3. The third-order valence-electron chi connectivity index (χ3n) is 4.29. The third-order valence-corrected chi connectivity index (χ3v) is 4.53. The van der Waals surface area contributed by atoms with Crippen molar-refractivity contribution in [2.24, 2.45) is 0 Å². The van der Waals surface area contributed by atoms with Gasteiger partial charge in [-0.15, -0.1) is 0 Å². The third kappa shape index (κ3) is 5.60. The standard InChI is InChI=1S/C20H20ClNO7/c1-11(22-10-15(23)13-3-2-4-14(21)9-13)7-12-5-6-16-17(8-12)28-19(27-16)18(24)29-20(25)26/h2-6,8-9,11,15,19,22-23H,7,10H2,1H3,(H,25,26)/t11?,15-,19?/m0/s1. The molecule has 2 aromatic rings. The van der Waals surface area contributed by atoms with Crippen LogP contribution >= 0.6 is 11.6 Å². The van der Waals surface area contributed by atoms with Crippen LogP contribution in [0.2, 0.25) is 5.02 Å². The summed E-state index contributed by atoms with van der Waals surface area (Å²) in [5, 5.41) is 22.6. The lowest BCUT2D eigenvalue weighted by molar-refractivity contribution is -0.156. The minimum absolute atomic E-state index is 0.0389. The van der Waals surface area contributed by atoms with Gasteiger partial charge in [0.1, 0.15) is 0 Å². The van der Waals surface area contributed by atoms with Gasteiger partial charge < -0.3 is 29.7 Å². The van der Waals surface area contributed by atoms with E-state index in [1.165, 1.54) is 0 Å². The van der Waals surface area contributed by atoms with Crippen LogP contribution in [0, 0.1) is 0 Å². The number of carbonyl (C=O) groups excluding carboxylic acids is 1. The van der Waals surface area contributed by atoms with Crippen molar-refractivity contribution in [1.82, 2.24) is 5.32 Å². The number of hydrogen-bond acceptors (Lipinski definition) is 7. The van der Waals surface area contributed by atoms with E-state index in [0.717, 1.165) is 11.1 Å². The lowest BCUT2D eigenvalue weighted by atomic mass is 10.1. The number of fused-ring (bicyclic) bond motifs is 1. The monoisotopic (exact) mass is 421 g/mol. The highest BCUT2D eigenvalue weighted by Crippen LogP contribution is 2.36. The van der Waals surface area contributed by atoms with Crippen LogP contribution in [0.1, 0.15) is 24.2 Å². The van der Waals surface area contributed by atoms with Crippen LogP contribution in [-0.2, 0) is 16.0 Å². The van der Waals surface area contributed by atoms with E-state index < -0.39 is 24.5 Å². The summed E-state index contributed by atoms with van der Waals surface area (Å²) >= 11 is 5.95. The van der Waals surface area contributed by atoms with Crippen molar-refractivity contribution in [2.75, 3.05) is 6.54 Å². The highest BCUT2D eigenvalue weighted by molar-refractivity contribution is 6.30. The molecule has 0 bridgehead atoms. The molecule has 1 heterocycles. The van der Waals surface area contributed by atoms with E-state index in [0.29, 0.717) is 29.5 Å². The molecule has 0 saturated carbocycles. The summed E-state index contributed by atoms with van der Waals surface area (Å²) in [5.74, 6) is -0.473. The first-order valence-corrected chi connectivity index (χ1v) is 9.27. The fraction of sp³-hybridized carbons (Fsp3) is 0.300. The molecule has 3 N–H and O–H groups in total. The number of carboxylic acid groups (broad SMARTS) is 1. The Morgan fingerprint density at radius 2 is 1.97 bits per heavy atom. The van der Waals surface area contributed by atoms with E-state index in [4.69, 9.17) is 26.2 Å². The summed E-state index contributed by atoms with van der Waals surface area (Å²) in [4.78, 5) is 22.0. The van der Waals surface area contributed by atoms with Crippen molar-refractivity contribution in [2.45, 2.75) is 31.8 Å². The van der Waals surface area contributed by atoms with Crippen molar-refractivity contribution in [1.29, 1.82) is 0 Å². The first-order chi connectivity index (χ1) is 13.8. The van der Waals surface area contributed by atoms with E-state index >= 15 is 0 Å². The number of rotatable bonds is 7. The maximum atomic E-state index is 11.6. The van der Waals surface area contributed by atoms with Gasteiger partial charge in [-0.25, -0.2) is 9.59 Å². The zero-order chi connectivity index (χ0) is 21.0. The van der Waals surface area contributed by atoms with Gasteiger partial charge in [0, 0.05) is 17.6 Å². The van der Waals surface area contributed by atoms with E-state index in [2.05, 4.69) is 10.1 Å². The molecule has 0 fully saturated rings. The number of aliphatic hydroxyl groups is 1. The number of aliphatic hydroxyl groups excluding tert-OH is 1. The summed E-state index contributed by atoms with van der Waals surface area (Å²) in [7, 11) is 0. The second-order valence-electron chi connectivity index (χ2n) is 6.62. The minimum atomic E-state index is -1.72. The maximum absolute atomic E-state index is 11.6. The molecule has 3 atom stereocenters. The topological polar surface area (TPSA) is 114 Å². The average molecular weight is 422 g/mol. The van der Waals surface area contributed by atoms with Gasteiger partial charge in [0.25, 0.3) is 0 Å². The van der Waals surface area contributed by atoms with Crippen LogP contribution in [0.15, 0.2) is 42.5 Å². The molecule has 154 valence electrons. The van der Waals surface area contributed by atoms with Gasteiger partial charge in [0.15, 0.2) is 11.5 Å². The van der Waals surface area contributed by atoms with Gasteiger partial charge in [-0.3, -0.25) is 0 Å². The summed E-state index contributed by atoms with van der Waals surface area (Å²) in [6.07, 6.45) is -3.23. The van der Waals surface area contributed by atoms with Crippen LogP contribution in [0.4, 0.5) is 4.79 Å². The predicted molar refractivity (Wildman–Crippen MR) is 103 cm³/mol. The van der Waals surface area contributed by atoms with Gasteiger partial charge in [-0.1, -0.05) is 29.8 Å². The van der Waals surface area contributed by atoms with Gasteiger partial charge >= 0.3 is 18.4 Å². The highest BCUT2D eigenvalue weighted by Gasteiger charge is 2.34. The number of ether oxygens (including phenoxy) is 3. The van der Waals surface area contributed by atoms with Gasteiger partial charge in [-0.2, -0.15) is 0 Å². The second kappa shape index (κ2) is 9.13. The Hall–Kier alpha value is -2.81. The molecule has 29 heavy (non-hydrogen) atoms. The Bertz CT molecular complexity index is 904. The summed E-state index contributed by atoms with van der Waals surface area (Å²) in [6, 6.07) is 12.3. The molecule has 1 aliphatic heterocycles. The van der Waals surface area contributed by atoms with E-state index in [1.807, 2.05) is 19.1 Å². The maximum Gasteiger partial charge on any atom is 0.513 e. The Labute approximate surface area is 172 Å². The zero-order valence-corrected chi connectivity index (χ0v) is 16.3. The zero-order valence-electron chi connectivity index (χ0n) is 15.5. The molecule has 0 amide bonds. The van der Waals surface area contributed by atoms with Crippen molar-refractivity contribution >= 4 is 23.7 Å². The Morgan fingerprint density at radius 3 is 2.69 bits per heavy atom. The fourth-order valence-corrected chi connectivity index (χ4v) is 3.12. The number of benzene rings is 2. The lowest BCUT2D eigenvalue weighted by Crippen LogP contribution is -2.32. The van der Waals surface area contributed by atoms with E-state index in [9.17, 15) is 14.7 Å². The summed E-state index contributed by atoms with van der Waals surface area (Å²) in [5.41, 5.74) is 1.65. The van der Waals surface area contributed by atoms with Gasteiger partial charge in [0.05, 0.1) is 6.10 Å². The molecule has 2 aromatic carbocycles. The molecule has 0 saturated heterocycles. The molecule has 2 unspecified atom stereocenters. The highest BCUT2D eigenvalue weighted by atomic mass is 35.5. The van der Waals surface area contributed by atoms with Crippen molar-refractivity contribution in [3.8, 4) is 11.5 Å². The lowest BCUT2D eigenvalue weighted by Gasteiger charge is -2.18. The summed E-state index contributed by atoms with van der Waals surface area (Å²) in [6.45, 7) is 2.33. The minimum Gasteiger partial charge on any atom is -0.449 e. The molecule has 8 nitrogen and oxygen atoms in total. The SMILES string of the molecule is CC(Cc1ccc2c(c1)OC(C(=O)OC(=O)O)O2)NC[C@H](O)c1cccc(Cl)c1. The van der Waals surface area contributed by atoms with Crippen molar-refractivity contribution in [3.63, 3.8) is 0 Å². The molecule has 9 heteroatoms. The molecule has 0 aliphatic carbocycles. The number of carbonyl (C=O) groups is 2. The average Bonchev–Trinajstić information content (AvgIpc) is 3.09. The number of halogens is 1. The van der Waals surface area contributed by atoms with Crippen LogP contribution < -0.4 is 14.8 Å². The van der Waals surface area contributed by atoms with Crippen molar-refractivity contribution < 1.29 is 34.0 Å². The Balaban J connectivity index is 1.53. The molecule has 3 rings (SSSR count). The van der Waals surface area contributed by atoms with Crippen molar-refractivity contribution in [3.05, 3.63) is 58.6 Å².